The van der Waals surface area contributed by atoms with Gasteiger partial charge in [-0.1, -0.05) is 0 Å². The molecular weight excluding hydrogens is 366 g/mol. The first-order chi connectivity index (χ1) is 12.8. The van der Waals surface area contributed by atoms with Crippen molar-refractivity contribution in [3.63, 3.8) is 0 Å². The first kappa shape index (κ1) is 18.7. The van der Waals surface area contributed by atoms with Gasteiger partial charge in [0.25, 0.3) is 0 Å². The number of carbonyl (C=O) groups is 4. The zero-order valence-corrected chi connectivity index (χ0v) is 15.3. The fraction of sp³-hybridized carbons (Fsp3) is 0.158. The monoisotopic (exact) mass is 383 g/mol. The molecule has 1 fully saturated rings. The normalized spacial score (nSPS) is 16.5. The smallest absolute Gasteiger partial charge is 0.248 e. The Labute approximate surface area is 159 Å². The molecule has 0 bridgehead atoms. The van der Waals surface area contributed by atoms with Crippen molar-refractivity contribution >= 4 is 46.8 Å². The summed E-state index contributed by atoms with van der Waals surface area (Å²) in [5, 5.41) is 2.14. The summed E-state index contributed by atoms with van der Waals surface area (Å²) in [6.07, 6.45) is 0.0918. The Morgan fingerprint density at radius 1 is 1.07 bits per heavy atom. The molecule has 1 heterocycles. The minimum atomic E-state index is -0.572. The average molecular weight is 383 g/mol. The van der Waals surface area contributed by atoms with E-state index in [9.17, 15) is 19.2 Å². The number of primary amides is 1. The number of carbonyl (C=O) groups excluding carboxylic acids is 4. The lowest BCUT2D eigenvalue weighted by atomic mass is 10.2. The van der Waals surface area contributed by atoms with Crippen molar-refractivity contribution in [3.8, 4) is 0 Å². The van der Waals surface area contributed by atoms with Crippen LogP contribution < -0.4 is 16.0 Å². The fourth-order valence-electron chi connectivity index (χ4n) is 2.73. The maximum Gasteiger partial charge on any atom is 0.248 e. The Morgan fingerprint density at radius 3 is 2.26 bits per heavy atom. The van der Waals surface area contributed by atoms with Crippen molar-refractivity contribution in [2.24, 2.45) is 5.73 Å². The third kappa shape index (κ3) is 4.17. The second kappa shape index (κ2) is 7.63. The molecule has 0 aliphatic carbocycles. The molecule has 0 spiro atoms. The summed E-state index contributed by atoms with van der Waals surface area (Å²) in [5.74, 6) is -1.33. The summed E-state index contributed by atoms with van der Waals surface area (Å²) in [5.41, 5.74) is 6.59. The van der Waals surface area contributed by atoms with Gasteiger partial charge in [-0.05, 0) is 48.5 Å². The minimum Gasteiger partial charge on any atom is -0.366 e. The highest BCUT2D eigenvalue weighted by Crippen LogP contribution is 2.34. The predicted octanol–water partition coefficient (Wildman–Crippen LogP) is 2.17. The van der Waals surface area contributed by atoms with Gasteiger partial charge in [-0.2, -0.15) is 0 Å². The molecule has 0 saturated carbocycles. The van der Waals surface area contributed by atoms with E-state index in [0.717, 1.165) is 9.80 Å². The molecule has 8 heteroatoms. The second-order valence-corrected chi connectivity index (χ2v) is 7.27. The van der Waals surface area contributed by atoms with E-state index in [1.165, 1.54) is 43.0 Å². The number of anilines is 2. The number of benzene rings is 2. The van der Waals surface area contributed by atoms with E-state index in [0.29, 0.717) is 16.9 Å². The van der Waals surface area contributed by atoms with Crippen molar-refractivity contribution in [1.82, 2.24) is 0 Å². The molecule has 1 aliphatic rings. The molecule has 1 aliphatic heterocycles. The van der Waals surface area contributed by atoms with Crippen LogP contribution in [0.2, 0.25) is 0 Å². The van der Waals surface area contributed by atoms with Crippen LogP contribution in [0.25, 0.3) is 0 Å². The molecule has 2 aromatic carbocycles. The lowest BCUT2D eigenvalue weighted by molar-refractivity contribution is -0.121. The third-order valence-corrected chi connectivity index (χ3v) is 5.17. The first-order valence-electron chi connectivity index (χ1n) is 8.16. The number of hydrogen-bond acceptors (Lipinski definition) is 5. The molecule has 138 valence electrons. The van der Waals surface area contributed by atoms with Crippen molar-refractivity contribution in [2.75, 3.05) is 10.2 Å². The summed E-state index contributed by atoms with van der Waals surface area (Å²) in [4.78, 5) is 49.2. The van der Waals surface area contributed by atoms with Crippen molar-refractivity contribution in [1.29, 1.82) is 0 Å². The molecule has 0 radical (unpaired) electrons. The standard InChI is InChI=1S/C19H17N3O4S/c1-11(23)21-13-4-8-15(9-5-13)27-16-10-17(24)22(19(16)26)14-6-2-12(3-7-14)18(20)25/h2-9,16H,10H2,1H3,(H2,20,25)(H,21,23). The van der Waals surface area contributed by atoms with Gasteiger partial charge < -0.3 is 11.1 Å². The second-order valence-electron chi connectivity index (χ2n) is 5.99. The maximum atomic E-state index is 12.7. The van der Waals surface area contributed by atoms with Crippen LogP contribution in [0.15, 0.2) is 53.4 Å². The summed E-state index contributed by atoms with van der Waals surface area (Å²) in [7, 11) is 0. The first-order valence-corrected chi connectivity index (χ1v) is 9.04. The summed E-state index contributed by atoms with van der Waals surface area (Å²) in [6, 6.07) is 13.1. The Balaban J connectivity index is 1.72. The Hall–Kier alpha value is -3.13. The van der Waals surface area contributed by atoms with Gasteiger partial charge in [0.2, 0.25) is 23.6 Å². The number of nitrogens with one attached hydrogen (secondary N) is 1. The molecule has 27 heavy (non-hydrogen) atoms. The molecule has 3 N–H and O–H groups in total. The van der Waals surface area contributed by atoms with Crippen molar-refractivity contribution < 1.29 is 19.2 Å². The van der Waals surface area contributed by atoms with E-state index in [4.69, 9.17) is 5.73 Å². The number of thioether (sulfide) groups is 1. The Bertz CT molecular complexity index is 910. The third-order valence-electron chi connectivity index (χ3n) is 3.97. The topological polar surface area (TPSA) is 110 Å². The lowest BCUT2D eigenvalue weighted by Crippen LogP contribution is -2.31. The summed E-state index contributed by atoms with van der Waals surface area (Å²) < 4.78 is 0. The van der Waals surface area contributed by atoms with Crippen LogP contribution in [0, 0.1) is 0 Å². The van der Waals surface area contributed by atoms with Gasteiger partial charge in [0.15, 0.2) is 0 Å². The largest absolute Gasteiger partial charge is 0.366 e. The molecule has 0 aromatic heterocycles. The molecule has 1 saturated heterocycles. The average Bonchev–Trinajstić information content (AvgIpc) is 2.90. The number of imide groups is 1. The lowest BCUT2D eigenvalue weighted by Gasteiger charge is -2.15. The maximum absolute atomic E-state index is 12.7. The minimum absolute atomic E-state index is 0.0918. The Morgan fingerprint density at radius 2 is 1.70 bits per heavy atom. The van der Waals surface area contributed by atoms with Crippen LogP contribution in [-0.2, 0) is 14.4 Å². The van der Waals surface area contributed by atoms with Crippen LogP contribution >= 0.6 is 11.8 Å². The van der Waals surface area contributed by atoms with Crippen LogP contribution in [-0.4, -0.2) is 28.9 Å². The highest BCUT2D eigenvalue weighted by molar-refractivity contribution is 8.00. The zero-order valence-electron chi connectivity index (χ0n) is 14.5. The Kier molecular flexibility index (Phi) is 5.27. The highest BCUT2D eigenvalue weighted by Gasteiger charge is 2.40. The van der Waals surface area contributed by atoms with E-state index < -0.39 is 11.2 Å². The van der Waals surface area contributed by atoms with Gasteiger partial charge in [-0.25, -0.2) is 4.90 Å². The van der Waals surface area contributed by atoms with Gasteiger partial charge in [0.05, 0.1) is 10.9 Å². The number of rotatable bonds is 5. The molecule has 3 rings (SSSR count). The van der Waals surface area contributed by atoms with Crippen LogP contribution in [0.4, 0.5) is 11.4 Å². The summed E-state index contributed by atoms with van der Waals surface area (Å²) in [6.45, 7) is 1.43. The number of hydrogen-bond donors (Lipinski definition) is 2. The van der Waals surface area contributed by atoms with Gasteiger partial charge in [0, 0.05) is 29.5 Å². The van der Waals surface area contributed by atoms with Crippen LogP contribution in [0.5, 0.6) is 0 Å². The molecule has 2 aromatic rings. The van der Waals surface area contributed by atoms with E-state index in [-0.39, 0.29) is 24.1 Å². The molecule has 1 unspecified atom stereocenters. The van der Waals surface area contributed by atoms with E-state index >= 15 is 0 Å². The predicted molar refractivity (Wildman–Crippen MR) is 102 cm³/mol. The molecule has 1 atom stereocenters. The van der Waals surface area contributed by atoms with Crippen LogP contribution in [0.3, 0.4) is 0 Å². The van der Waals surface area contributed by atoms with Gasteiger partial charge in [-0.15, -0.1) is 11.8 Å². The van der Waals surface area contributed by atoms with Gasteiger partial charge in [-0.3, -0.25) is 19.2 Å². The van der Waals surface area contributed by atoms with Crippen LogP contribution in [0.1, 0.15) is 23.7 Å². The fourth-order valence-corrected chi connectivity index (χ4v) is 3.78. The van der Waals surface area contributed by atoms with Crippen molar-refractivity contribution in [2.45, 2.75) is 23.5 Å². The molecular formula is C19H17N3O4S. The molecule has 4 amide bonds. The zero-order chi connectivity index (χ0) is 19.6. The van der Waals surface area contributed by atoms with E-state index in [2.05, 4.69) is 5.32 Å². The van der Waals surface area contributed by atoms with Crippen molar-refractivity contribution in [3.05, 3.63) is 54.1 Å². The number of nitrogens with two attached hydrogens (primary N) is 1. The quantitative estimate of drug-likeness (QED) is 0.769. The van der Waals surface area contributed by atoms with E-state index in [1.807, 2.05) is 0 Å². The number of nitrogens with zero attached hydrogens (tertiary/aromatic N) is 1. The molecule has 7 nitrogen and oxygen atoms in total. The number of amides is 4. The SMILES string of the molecule is CC(=O)Nc1ccc(SC2CC(=O)N(c3ccc(C(N)=O)cc3)C2=O)cc1. The van der Waals surface area contributed by atoms with Gasteiger partial charge >= 0.3 is 0 Å². The highest BCUT2D eigenvalue weighted by atomic mass is 32.2. The van der Waals surface area contributed by atoms with Gasteiger partial charge in [0.1, 0.15) is 0 Å². The van der Waals surface area contributed by atoms with E-state index in [1.54, 1.807) is 24.3 Å². The summed E-state index contributed by atoms with van der Waals surface area (Å²) >= 11 is 1.30.